The van der Waals surface area contributed by atoms with E-state index in [4.69, 9.17) is 19.2 Å². The molecule has 3 aromatic rings. The summed E-state index contributed by atoms with van der Waals surface area (Å²) in [6.45, 7) is 1.04. The normalized spacial score (nSPS) is 20.7. The van der Waals surface area contributed by atoms with E-state index in [1.54, 1.807) is 25.3 Å². The number of benzene rings is 2. The third-order valence-corrected chi connectivity index (χ3v) is 5.91. The number of carbonyl (C=O) groups excluding carboxylic acids is 1. The number of hydrogen-bond acceptors (Lipinski definition) is 5. The topological polar surface area (TPSA) is 85.5 Å². The zero-order valence-corrected chi connectivity index (χ0v) is 16.9. The molecule has 0 spiro atoms. The minimum absolute atomic E-state index is 0.0769. The summed E-state index contributed by atoms with van der Waals surface area (Å²) >= 11 is 0. The summed E-state index contributed by atoms with van der Waals surface area (Å²) in [5.74, 6) is 3.34. The van der Waals surface area contributed by atoms with Crippen LogP contribution in [0.15, 0.2) is 36.4 Å². The van der Waals surface area contributed by atoms with Gasteiger partial charge in [-0.1, -0.05) is 6.42 Å². The summed E-state index contributed by atoms with van der Waals surface area (Å²) < 4.78 is 16.4. The molecule has 0 bridgehead atoms. The standard InChI is InChI=1S/C23H25N3O4/c1-28-17-6-7-18-19(13-17)26-22(25-18)14-3-2-4-16(11-14)24-23(27)15-5-8-20-21(12-15)30-10-9-29-20/h5-8,12-14,16H,2-4,9-11H2,1H3,(H,24,27)(H,25,26)/t14-,16+/m0/s1. The number of fused-ring (bicyclic) bond motifs is 2. The van der Waals surface area contributed by atoms with Crippen LogP contribution < -0.4 is 19.5 Å². The SMILES string of the molecule is COc1ccc2nc([C@H]3CCC[C@@H](NC(=O)c4ccc5c(c4)OCCO5)C3)[nH]c2c1. The molecule has 2 N–H and O–H groups in total. The quantitative estimate of drug-likeness (QED) is 0.687. The van der Waals surface area contributed by atoms with Crippen LogP contribution in [0.1, 0.15) is 47.8 Å². The molecular weight excluding hydrogens is 382 g/mol. The van der Waals surface area contributed by atoms with Gasteiger partial charge in [-0.3, -0.25) is 4.79 Å². The van der Waals surface area contributed by atoms with Crippen molar-refractivity contribution in [2.45, 2.75) is 37.6 Å². The minimum Gasteiger partial charge on any atom is -0.497 e. The van der Waals surface area contributed by atoms with Crippen LogP contribution in [0.2, 0.25) is 0 Å². The number of carbonyl (C=O) groups is 1. The highest BCUT2D eigenvalue weighted by Gasteiger charge is 2.27. The molecule has 0 unspecified atom stereocenters. The van der Waals surface area contributed by atoms with Crippen molar-refractivity contribution in [2.24, 2.45) is 0 Å². The average Bonchev–Trinajstić information content (AvgIpc) is 3.22. The Morgan fingerprint density at radius 2 is 2.00 bits per heavy atom. The van der Waals surface area contributed by atoms with E-state index in [0.29, 0.717) is 36.2 Å². The van der Waals surface area contributed by atoms with Gasteiger partial charge in [0.15, 0.2) is 11.5 Å². The number of hydrogen-bond donors (Lipinski definition) is 2. The lowest BCUT2D eigenvalue weighted by molar-refractivity contribution is 0.0923. The molecule has 1 fully saturated rings. The van der Waals surface area contributed by atoms with Gasteiger partial charge >= 0.3 is 0 Å². The van der Waals surface area contributed by atoms with Gasteiger partial charge in [-0.05, 0) is 49.6 Å². The number of rotatable bonds is 4. The van der Waals surface area contributed by atoms with Crippen LogP contribution in [0.3, 0.4) is 0 Å². The Morgan fingerprint density at radius 1 is 1.13 bits per heavy atom. The molecule has 7 nitrogen and oxygen atoms in total. The Kier molecular flexibility index (Phi) is 4.94. The first-order chi connectivity index (χ1) is 14.7. The van der Waals surface area contributed by atoms with Crippen LogP contribution in [-0.4, -0.2) is 42.2 Å². The first-order valence-electron chi connectivity index (χ1n) is 10.4. The van der Waals surface area contributed by atoms with Crippen molar-refractivity contribution in [1.29, 1.82) is 0 Å². The predicted octanol–water partition coefficient (Wildman–Crippen LogP) is 3.80. The molecule has 7 heteroatoms. The van der Waals surface area contributed by atoms with Crippen LogP contribution in [-0.2, 0) is 0 Å². The Bertz CT molecular complexity index is 1080. The zero-order chi connectivity index (χ0) is 20.5. The van der Waals surface area contributed by atoms with Crippen molar-refractivity contribution in [3.8, 4) is 17.2 Å². The third kappa shape index (κ3) is 3.67. The number of H-pyrrole nitrogens is 1. The van der Waals surface area contributed by atoms with Crippen molar-refractivity contribution in [2.75, 3.05) is 20.3 Å². The lowest BCUT2D eigenvalue weighted by atomic mass is 9.85. The number of nitrogens with zero attached hydrogens (tertiary/aromatic N) is 1. The Balaban J connectivity index is 1.28. The summed E-state index contributed by atoms with van der Waals surface area (Å²) in [5.41, 5.74) is 2.51. The third-order valence-electron chi connectivity index (χ3n) is 5.91. The molecular formula is C23H25N3O4. The van der Waals surface area contributed by atoms with E-state index in [9.17, 15) is 4.79 Å². The van der Waals surface area contributed by atoms with Gasteiger partial charge in [0.05, 0.1) is 18.1 Å². The van der Waals surface area contributed by atoms with Crippen molar-refractivity contribution >= 4 is 16.9 Å². The fourth-order valence-corrected chi connectivity index (χ4v) is 4.35. The first kappa shape index (κ1) is 18.8. The first-order valence-corrected chi connectivity index (χ1v) is 10.4. The highest BCUT2D eigenvalue weighted by atomic mass is 16.6. The van der Waals surface area contributed by atoms with E-state index in [2.05, 4.69) is 10.3 Å². The summed E-state index contributed by atoms with van der Waals surface area (Å²) in [7, 11) is 1.66. The predicted molar refractivity (Wildman–Crippen MR) is 113 cm³/mol. The molecule has 30 heavy (non-hydrogen) atoms. The molecule has 0 saturated heterocycles. The molecule has 1 amide bonds. The monoisotopic (exact) mass is 407 g/mol. The Hall–Kier alpha value is -3.22. The Labute approximate surface area is 174 Å². The van der Waals surface area contributed by atoms with Crippen LogP contribution in [0.4, 0.5) is 0 Å². The average molecular weight is 407 g/mol. The van der Waals surface area contributed by atoms with Gasteiger partial charge < -0.3 is 24.5 Å². The zero-order valence-electron chi connectivity index (χ0n) is 16.9. The molecule has 1 aliphatic carbocycles. The molecule has 1 aromatic heterocycles. The fraction of sp³-hybridized carbons (Fsp3) is 0.391. The smallest absolute Gasteiger partial charge is 0.251 e. The maximum Gasteiger partial charge on any atom is 0.251 e. The number of nitrogens with one attached hydrogen (secondary N) is 2. The van der Waals surface area contributed by atoms with Crippen LogP contribution in [0.25, 0.3) is 11.0 Å². The largest absolute Gasteiger partial charge is 0.497 e. The number of methoxy groups -OCH3 is 1. The van der Waals surface area contributed by atoms with Gasteiger partial charge in [0.1, 0.15) is 24.8 Å². The van der Waals surface area contributed by atoms with Gasteiger partial charge in [-0.25, -0.2) is 4.98 Å². The van der Waals surface area contributed by atoms with Gasteiger partial charge in [-0.2, -0.15) is 0 Å². The number of aromatic nitrogens is 2. The van der Waals surface area contributed by atoms with Gasteiger partial charge in [0.25, 0.3) is 5.91 Å². The molecule has 1 saturated carbocycles. The van der Waals surface area contributed by atoms with Crippen molar-refractivity contribution in [3.05, 3.63) is 47.8 Å². The molecule has 156 valence electrons. The van der Waals surface area contributed by atoms with Crippen LogP contribution >= 0.6 is 0 Å². The molecule has 2 atom stereocenters. The van der Waals surface area contributed by atoms with E-state index in [1.807, 2.05) is 18.2 Å². The summed E-state index contributed by atoms with van der Waals surface area (Å²) in [5, 5.41) is 3.20. The van der Waals surface area contributed by atoms with Crippen molar-refractivity contribution in [1.82, 2.24) is 15.3 Å². The van der Waals surface area contributed by atoms with Crippen molar-refractivity contribution in [3.63, 3.8) is 0 Å². The summed E-state index contributed by atoms with van der Waals surface area (Å²) in [4.78, 5) is 21.0. The number of aromatic amines is 1. The van der Waals surface area contributed by atoms with Crippen LogP contribution in [0.5, 0.6) is 17.2 Å². The van der Waals surface area contributed by atoms with E-state index < -0.39 is 0 Å². The van der Waals surface area contributed by atoms with Gasteiger partial charge in [-0.15, -0.1) is 0 Å². The van der Waals surface area contributed by atoms with Gasteiger partial charge in [0.2, 0.25) is 0 Å². The summed E-state index contributed by atoms with van der Waals surface area (Å²) in [6.07, 6.45) is 3.96. The maximum absolute atomic E-state index is 12.8. The van der Waals surface area contributed by atoms with E-state index in [0.717, 1.165) is 48.3 Å². The Morgan fingerprint density at radius 3 is 2.87 bits per heavy atom. The molecule has 2 aromatic carbocycles. The van der Waals surface area contributed by atoms with E-state index in [-0.39, 0.29) is 11.9 Å². The highest BCUT2D eigenvalue weighted by molar-refractivity contribution is 5.95. The number of imidazole rings is 1. The molecule has 2 heterocycles. The van der Waals surface area contributed by atoms with Crippen LogP contribution in [0, 0.1) is 0 Å². The van der Waals surface area contributed by atoms with Gasteiger partial charge in [0, 0.05) is 23.6 Å². The lowest BCUT2D eigenvalue weighted by Gasteiger charge is -2.29. The molecule has 1 aliphatic heterocycles. The second-order valence-electron chi connectivity index (χ2n) is 7.90. The number of ether oxygens (including phenoxy) is 3. The number of amides is 1. The highest BCUT2D eigenvalue weighted by Crippen LogP contribution is 2.34. The molecule has 0 radical (unpaired) electrons. The summed E-state index contributed by atoms with van der Waals surface area (Å²) in [6, 6.07) is 11.3. The maximum atomic E-state index is 12.8. The second-order valence-corrected chi connectivity index (χ2v) is 7.90. The van der Waals surface area contributed by atoms with Crippen molar-refractivity contribution < 1.29 is 19.0 Å². The fourth-order valence-electron chi connectivity index (χ4n) is 4.35. The minimum atomic E-state index is -0.0769. The molecule has 2 aliphatic rings. The lowest BCUT2D eigenvalue weighted by Crippen LogP contribution is -2.38. The second kappa shape index (κ2) is 7.89. The van der Waals surface area contributed by atoms with E-state index >= 15 is 0 Å². The molecule has 5 rings (SSSR count). The van der Waals surface area contributed by atoms with E-state index in [1.165, 1.54) is 0 Å².